The van der Waals surface area contributed by atoms with Gasteiger partial charge in [-0.25, -0.2) is 4.98 Å². The Kier molecular flexibility index (Phi) is 3.14. The second kappa shape index (κ2) is 5.10. The van der Waals surface area contributed by atoms with Crippen molar-refractivity contribution >= 4 is 17.7 Å². The molecule has 96 valence electrons. The monoisotopic (exact) mass is 253 g/mol. The van der Waals surface area contributed by atoms with E-state index in [0.29, 0.717) is 6.42 Å². The van der Waals surface area contributed by atoms with Crippen molar-refractivity contribution in [2.45, 2.75) is 19.4 Å². The number of fused-ring (bicyclic) bond motifs is 1. The standard InChI is InChI=1S/C15H15N3O/c19-15-6-4-13-10-12(3-5-14(13)17-15)2-1-8-18-9-7-16-11-18/h1-3,5,7,9-11H,4,6,8H2,(H,17,19). The number of nitrogens with one attached hydrogen (secondary N) is 1. The van der Waals surface area contributed by atoms with Gasteiger partial charge in [0.15, 0.2) is 0 Å². The van der Waals surface area contributed by atoms with Crippen LogP contribution in [0.2, 0.25) is 0 Å². The lowest BCUT2D eigenvalue weighted by molar-refractivity contribution is -0.116. The number of imidazole rings is 1. The fourth-order valence-electron chi connectivity index (χ4n) is 2.21. The zero-order valence-corrected chi connectivity index (χ0v) is 10.5. The Morgan fingerprint density at radius 1 is 1.37 bits per heavy atom. The predicted octanol–water partition coefficient (Wildman–Crippen LogP) is 2.48. The van der Waals surface area contributed by atoms with Crippen molar-refractivity contribution < 1.29 is 4.79 Å². The van der Waals surface area contributed by atoms with E-state index in [1.807, 2.05) is 22.9 Å². The van der Waals surface area contributed by atoms with Crippen molar-refractivity contribution in [2.24, 2.45) is 0 Å². The number of anilines is 1. The molecular weight excluding hydrogens is 238 g/mol. The molecule has 3 rings (SSSR count). The summed E-state index contributed by atoms with van der Waals surface area (Å²) in [5.41, 5.74) is 3.32. The maximum absolute atomic E-state index is 11.3. The summed E-state index contributed by atoms with van der Waals surface area (Å²) in [6.07, 6.45) is 11.1. The number of carbonyl (C=O) groups is 1. The van der Waals surface area contributed by atoms with Crippen LogP contribution in [0.25, 0.3) is 6.08 Å². The summed E-state index contributed by atoms with van der Waals surface area (Å²) in [4.78, 5) is 15.3. The lowest BCUT2D eigenvalue weighted by atomic mass is 10.0. The Labute approximate surface area is 111 Å². The Morgan fingerprint density at radius 3 is 3.16 bits per heavy atom. The van der Waals surface area contributed by atoms with Gasteiger partial charge in [0.1, 0.15) is 0 Å². The van der Waals surface area contributed by atoms with E-state index in [9.17, 15) is 4.79 Å². The van der Waals surface area contributed by atoms with Crippen LogP contribution in [0.3, 0.4) is 0 Å². The molecule has 0 saturated carbocycles. The van der Waals surface area contributed by atoms with E-state index < -0.39 is 0 Å². The van der Waals surface area contributed by atoms with Gasteiger partial charge in [-0.3, -0.25) is 4.79 Å². The minimum Gasteiger partial charge on any atom is -0.334 e. The summed E-state index contributed by atoms with van der Waals surface area (Å²) in [7, 11) is 0. The van der Waals surface area contributed by atoms with E-state index in [1.54, 1.807) is 12.5 Å². The average Bonchev–Trinajstić information content (AvgIpc) is 2.92. The second-order valence-electron chi connectivity index (χ2n) is 4.63. The summed E-state index contributed by atoms with van der Waals surface area (Å²) < 4.78 is 2.01. The van der Waals surface area contributed by atoms with Crippen LogP contribution in [0.4, 0.5) is 5.69 Å². The largest absolute Gasteiger partial charge is 0.334 e. The number of aryl methyl sites for hydroxylation is 1. The van der Waals surface area contributed by atoms with Crippen molar-refractivity contribution in [2.75, 3.05) is 5.32 Å². The first kappa shape index (κ1) is 11.7. The van der Waals surface area contributed by atoms with Crippen LogP contribution in [-0.2, 0) is 17.8 Å². The molecular formula is C15H15N3O. The van der Waals surface area contributed by atoms with Crippen LogP contribution < -0.4 is 5.32 Å². The third-order valence-electron chi connectivity index (χ3n) is 3.21. The third kappa shape index (κ3) is 2.73. The van der Waals surface area contributed by atoms with E-state index in [0.717, 1.165) is 24.2 Å². The van der Waals surface area contributed by atoms with E-state index >= 15 is 0 Å². The van der Waals surface area contributed by atoms with Crippen molar-refractivity contribution in [1.82, 2.24) is 9.55 Å². The Morgan fingerprint density at radius 2 is 2.32 bits per heavy atom. The highest BCUT2D eigenvalue weighted by atomic mass is 16.1. The van der Waals surface area contributed by atoms with Crippen LogP contribution >= 0.6 is 0 Å². The fourth-order valence-corrected chi connectivity index (χ4v) is 2.21. The van der Waals surface area contributed by atoms with Gasteiger partial charge < -0.3 is 9.88 Å². The van der Waals surface area contributed by atoms with E-state index in [1.165, 1.54) is 5.56 Å². The summed E-state index contributed by atoms with van der Waals surface area (Å²) in [6.45, 7) is 0.813. The second-order valence-corrected chi connectivity index (χ2v) is 4.63. The van der Waals surface area contributed by atoms with Crippen molar-refractivity contribution in [3.63, 3.8) is 0 Å². The first-order valence-electron chi connectivity index (χ1n) is 6.36. The molecule has 0 fully saturated rings. The van der Waals surface area contributed by atoms with Crippen LogP contribution in [0.1, 0.15) is 17.5 Å². The van der Waals surface area contributed by atoms with Gasteiger partial charge in [0.05, 0.1) is 6.33 Å². The topological polar surface area (TPSA) is 46.9 Å². The number of allylic oxidation sites excluding steroid dienone is 1. The highest BCUT2D eigenvalue weighted by molar-refractivity contribution is 5.94. The maximum Gasteiger partial charge on any atom is 0.224 e. The number of rotatable bonds is 3. The van der Waals surface area contributed by atoms with Gasteiger partial charge in [-0.05, 0) is 29.7 Å². The van der Waals surface area contributed by atoms with Gasteiger partial charge in [-0.2, -0.15) is 0 Å². The van der Waals surface area contributed by atoms with Gasteiger partial charge in [0, 0.05) is 31.0 Å². The molecule has 1 aromatic carbocycles. The lowest BCUT2D eigenvalue weighted by Crippen LogP contribution is -2.18. The number of carbonyl (C=O) groups excluding carboxylic acids is 1. The average molecular weight is 253 g/mol. The molecule has 2 aromatic rings. The van der Waals surface area contributed by atoms with Crippen molar-refractivity contribution in [3.05, 3.63) is 54.1 Å². The summed E-state index contributed by atoms with van der Waals surface area (Å²) >= 11 is 0. The molecule has 0 radical (unpaired) electrons. The van der Waals surface area contributed by atoms with Gasteiger partial charge in [-0.1, -0.05) is 18.2 Å². The Bertz CT molecular complexity index is 614. The summed E-state index contributed by atoms with van der Waals surface area (Å²) in [6, 6.07) is 6.14. The quantitative estimate of drug-likeness (QED) is 0.913. The molecule has 0 saturated heterocycles. The molecule has 4 heteroatoms. The number of amides is 1. The highest BCUT2D eigenvalue weighted by Gasteiger charge is 2.13. The normalized spacial score (nSPS) is 14.4. The number of nitrogens with zero attached hydrogens (tertiary/aromatic N) is 2. The number of aromatic nitrogens is 2. The zero-order valence-electron chi connectivity index (χ0n) is 10.5. The molecule has 0 atom stereocenters. The third-order valence-corrected chi connectivity index (χ3v) is 3.21. The molecule has 0 unspecified atom stereocenters. The highest BCUT2D eigenvalue weighted by Crippen LogP contribution is 2.23. The van der Waals surface area contributed by atoms with Crippen LogP contribution in [0, 0.1) is 0 Å². The molecule has 1 aromatic heterocycles. The lowest BCUT2D eigenvalue weighted by Gasteiger charge is -2.16. The zero-order chi connectivity index (χ0) is 13.1. The summed E-state index contributed by atoms with van der Waals surface area (Å²) in [5, 5.41) is 2.89. The SMILES string of the molecule is O=C1CCc2cc(C=CCn3ccnc3)ccc2N1. The fraction of sp³-hybridized carbons (Fsp3) is 0.200. The molecule has 0 aliphatic carbocycles. The Balaban J connectivity index is 1.72. The van der Waals surface area contributed by atoms with Gasteiger partial charge in [0.25, 0.3) is 0 Å². The molecule has 1 aliphatic heterocycles. The van der Waals surface area contributed by atoms with E-state index in [4.69, 9.17) is 0 Å². The molecule has 0 spiro atoms. The Hall–Kier alpha value is -2.36. The van der Waals surface area contributed by atoms with E-state index in [2.05, 4.69) is 28.5 Å². The van der Waals surface area contributed by atoms with Crippen molar-refractivity contribution in [3.8, 4) is 0 Å². The molecule has 1 aliphatic rings. The van der Waals surface area contributed by atoms with Crippen LogP contribution in [0.5, 0.6) is 0 Å². The molecule has 2 heterocycles. The number of hydrogen-bond acceptors (Lipinski definition) is 2. The first-order chi connectivity index (χ1) is 9.31. The smallest absolute Gasteiger partial charge is 0.224 e. The molecule has 1 amide bonds. The number of hydrogen-bond donors (Lipinski definition) is 1. The number of benzene rings is 1. The minimum absolute atomic E-state index is 0.107. The molecule has 0 bridgehead atoms. The van der Waals surface area contributed by atoms with Crippen LogP contribution in [0.15, 0.2) is 43.0 Å². The van der Waals surface area contributed by atoms with Crippen LogP contribution in [-0.4, -0.2) is 15.5 Å². The van der Waals surface area contributed by atoms with Crippen molar-refractivity contribution in [1.29, 1.82) is 0 Å². The van der Waals surface area contributed by atoms with Gasteiger partial charge in [-0.15, -0.1) is 0 Å². The molecule has 4 nitrogen and oxygen atoms in total. The minimum atomic E-state index is 0.107. The van der Waals surface area contributed by atoms with E-state index in [-0.39, 0.29) is 5.91 Å². The van der Waals surface area contributed by atoms with Gasteiger partial charge >= 0.3 is 0 Å². The van der Waals surface area contributed by atoms with Gasteiger partial charge in [0.2, 0.25) is 5.91 Å². The maximum atomic E-state index is 11.3. The predicted molar refractivity (Wildman–Crippen MR) is 74.7 cm³/mol. The molecule has 19 heavy (non-hydrogen) atoms. The first-order valence-corrected chi connectivity index (χ1v) is 6.36. The summed E-state index contributed by atoms with van der Waals surface area (Å²) in [5.74, 6) is 0.107. The molecule has 1 N–H and O–H groups in total.